The Bertz CT molecular complexity index is 303. The number of nitrogens with two attached hydrogens (primary N) is 1. The fraction of sp³-hybridized carbons (Fsp3) is 0.818. The Hall–Kier alpha value is -1.38. The number of carbonyl (C=O) groups excluding carboxylic acids is 2. The van der Waals surface area contributed by atoms with Crippen LogP contribution in [0, 0.1) is 0 Å². The van der Waals surface area contributed by atoms with E-state index in [1.165, 1.54) is 0 Å². The molecule has 112 valence electrons. The molecule has 6 N–H and O–H groups in total. The lowest BCUT2D eigenvalue weighted by Crippen LogP contribution is -2.47. The molecule has 0 spiro atoms. The van der Waals surface area contributed by atoms with Crippen molar-refractivity contribution < 1.29 is 24.5 Å². The van der Waals surface area contributed by atoms with Gasteiger partial charge >= 0.3 is 6.09 Å². The molecule has 0 aliphatic rings. The van der Waals surface area contributed by atoms with E-state index >= 15 is 0 Å². The number of nitrogens with one attached hydrogen (secondary N) is 2. The number of hydrogen-bond donors (Lipinski definition) is 5. The Labute approximate surface area is 112 Å². The first-order valence-electron chi connectivity index (χ1n) is 5.94. The zero-order chi connectivity index (χ0) is 15.1. The van der Waals surface area contributed by atoms with Crippen molar-refractivity contribution in [2.45, 2.75) is 38.5 Å². The second kappa shape index (κ2) is 7.93. The molecular formula is C11H23N3O5. The number of alkyl carbamates (subject to hydrolysis) is 1. The van der Waals surface area contributed by atoms with E-state index < -0.39 is 36.4 Å². The highest BCUT2D eigenvalue weighted by Crippen LogP contribution is 2.06. The summed E-state index contributed by atoms with van der Waals surface area (Å²) in [5, 5.41) is 22.8. The van der Waals surface area contributed by atoms with Crippen molar-refractivity contribution in [2.24, 2.45) is 5.73 Å². The highest BCUT2D eigenvalue weighted by molar-refractivity contribution is 5.81. The first kappa shape index (κ1) is 17.6. The van der Waals surface area contributed by atoms with E-state index in [1.54, 1.807) is 20.8 Å². The Morgan fingerprint density at radius 3 is 2.26 bits per heavy atom. The van der Waals surface area contributed by atoms with Gasteiger partial charge in [0.1, 0.15) is 11.6 Å². The fourth-order valence-corrected chi connectivity index (χ4v) is 1.02. The van der Waals surface area contributed by atoms with E-state index in [0.29, 0.717) is 0 Å². The Balaban J connectivity index is 3.85. The molecule has 8 nitrogen and oxygen atoms in total. The third-order valence-corrected chi connectivity index (χ3v) is 1.93. The van der Waals surface area contributed by atoms with Crippen molar-refractivity contribution in [3.8, 4) is 0 Å². The minimum atomic E-state index is -1.02. The number of aliphatic hydroxyl groups excluding tert-OH is 2. The molecule has 0 heterocycles. The maximum absolute atomic E-state index is 11.3. The Morgan fingerprint density at radius 1 is 1.26 bits per heavy atom. The molecule has 0 aliphatic carbocycles. The van der Waals surface area contributed by atoms with Crippen molar-refractivity contribution in [2.75, 3.05) is 19.7 Å². The van der Waals surface area contributed by atoms with Gasteiger partial charge in [0.25, 0.3) is 0 Å². The van der Waals surface area contributed by atoms with Crippen LogP contribution < -0.4 is 16.4 Å². The molecular weight excluding hydrogens is 254 g/mol. The van der Waals surface area contributed by atoms with Gasteiger partial charge in [-0.05, 0) is 20.8 Å². The molecule has 2 amide bonds. The van der Waals surface area contributed by atoms with E-state index in [1.807, 2.05) is 0 Å². The van der Waals surface area contributed by atoms with Crippen LogP contribution >= 0.6 is 0 Å². The van der Waals surface area contributed by atoms with Crippen LogP contribution in [0.25, 0.3) is 0 Å². The number of amides is 2. The first-order valence-corrected chi connectivity index (χ1v) is 5.94. The third kappa shape index (κ3) is 9.23. The summed E-state index contributed by atoms with van der Waals surface area (Å²) in [6, 6.07) is -1.02. The summed E-state index contributed by atoms with van der Waals surface area (Å²) in [7, 11) is 0. The van der Waals surface area contributed by atoms with Gasteiger partial charge < -0.3 is 31.3 Å². The summed E-state index contributed by atoms with van der Waals surface area (Å²) >= 11 is 0. The zero-order valence-electron chi connectivity index (χ0n) is 11.5. The summed E-state index contributed by atoms with van der Waals surface area (Å²) in [5.74, 6) is -0.571. The van der Waals surface area contributed by atoms with Gasteiger partial charge in [0, 0.05) is 13.1 Å². The highest BCUT2D eigenvalue weighted by Gasteiger charge is 2.17. The van der Waals surface area contributed by atoms with Gasteiger partial charge in [-0.1, -0.05) is 0 Å². The second-order valence-electron chi connectivity index (χ2n) is 5.07. The Morgan fingerprint density at radius 2 is 1.79 bits per heavy atom. The molecule has 0 fully saturated rings. The van der Waals surface area contributed by atoms with Gasteiger partial charge in [-0.15, -0.1) is 0 Å². The van der Waals surface area contributed by atoms with Gasteiger partial charge in [0.05, 0.1) is 12.7 Å². The molecule has 8 heteroatoms. The lowest BCUT2D eigenvalue weighted by molar-refractivity contribution is -0.123. The lowest BCUT2D eigenvalue weighted by Gasteiger charge is -2.20. The van der Waals surface area contributed by atoms with Crippen molar-refractivity contribution in [1.29, 1.82) is 0 Å². The molecule has 1 unspecified atom stereocenters. The monoisotopic (exact) mass is 277 g/mol. The first-order chi connectivity index (χ1) is 8.65. The summed E-state index contributed by atoms with van der Waals surface area (Å²) in [4.78, 5) is 22.5. The number of rotatable bonds is 6. The van der Waals surface area contributed by atoms with E-state index in [4.69, 9.17) is 15.6 Å². The minimum absolute atomic E-state index is 0.0659. The predicted molar refractivity (Wildman–Crippen MR) is 68.3 cm³/mol. The van der Waals surface area contributed by atoms with E-state index in [9.17, 15) is 14.7 Å². The predicted octanol–water partition coefficient (Wildman–Crippen LogP) is -1.69. The standard InChI is InChI=1S/C11H23N3O5/c1-11(2,3)19-10(18)14-5-7(16)4-13-9(17)8(12)6-15/h7-8,15-16H,4-6,12H2,1-3H3,(H,13,17)(H,14,18)/t7?,8-/m0/s1. The normalized spacial score (nSPS) is 14.4. The van der Waals surface area contributed by atoms with Crippen molar-refractivity contribution in [1.82, 2.24) is 10.6 Å². The van der Waals surface area contributed by atoms with Crippen LogP contribution in [0.3, 0.4) is 0 Å². The molecule has 0 aliphatic heterocycles. The minimum Gasteiger partial charge on any atom is -0.444 e. The summed E-state index contributed by atoms with van der Waals surface area (Å²) in [6.45, 7) is 4.54. The summed E-state index contributed by atoms with van der Waals surface area (Å²) < 4.78 is 4.97. The molecule has 0 aromatic heterocycles. The number of carbonyl (C=O) groups is 2. The van der Waals surface area contributed by atoms with Gasteiger partial charge in [0.15, 0.2) is 0 Å². The highest BCUT2D eigenvalue weighted by atomic mass is 16.6. The van der Waals surface area contributed by atoms with Crippen LogP contribution in [0.1, 0.15) is 20.8 Å². The van der Waals surface area contributed by atoms with Gasteiger partial charge in [-0.3, -0.25) is 4.79 Å². The van der Waals surface area contributed by atoms with Crippen LogP contribution in [-0.2, 0) is 9.53 Å². The second-order valence-corrected chi connectivity index (χ2v) is 5.07. The van der Waals surface area contributed by atoms with Crippen molar-refractivity contribution in [3.05, 3.63) is 0 Å². The van der Waals surface area contributed by atoms with Gasteiger partial charge in [-0.25, -0.2) is 4.79 Å². The largest absolute Gasteiger partial charge is 0.444 e. The maximum Gasteiger partial charge on any atom is 0.407 e. The van der Waals surface area contributed by atoms with E-state index in [-0.39, 0.29) is 13.1 Å². The fourth-order valence-electron chi connectivity index (χ4n) is 1.02. The van der Waals surface area contributed by atoms with E-state index in [0.717, 1.165) is 0 Å². The molecule has 0 saturated heterocycles. The topological polar surface area (TPSA) is 134 Å². The number of ether oxygens (including phenoxy) is 1. The lowest BCUT2D eigenvalue weighted by atomic mass is 10.2. The van der Waals surface area contributed by atoms with E-state index in [2.05, 4.69) is 10.6 Å². The number of aliphatic hydroxyl groups is 2. The van der Waals surface area contributed by atoms with Crippen LogP contribution in [-0.4, -0.2) is 59.7 Å². The molecule has 19 heavy (non-hydrogen) atoms. The summed E-state index contributed by atoms with van der Waals surface area (Å²) in [5.41, 5.74) is 4.65. The Kier molecular flexibility index (Phi) is 7.35. The van der Waals surface area contributed by atoms with Gasteiger partial charge in [0.2, 0.25) is 5.91 Å². The average Bonchev–Trinajstić information content (AvgIpc) is 2.30. The maximum atomic E-state index is 11.3. The quantitative estimate of drug-likeness (QED) is 0.393. The van der Waals surface area contributed by atoms with Crippen molar-refractivity contribution in [3.63, 3.8) is 0 Å². The molecule has 0 aromatic carbocycles. The van der Waals surface area contributed by atoms with Crippen LogP contribution in [0.15, 0.2) is 0 Å². The van der Waals surface area contributed by atoms with Crippen molar-refractivity contribution >= 4 is 12.0 Å². The molecule has 0 rings (SSSR count). The SMILES string of the molecule is CC(C)(C)OC(=O)NCC(O)CNC(=O)[C@@H](N)CO. The van der Waals surface area contributed by atoms with Crippen LogP contribution in [0.5, 0.6) is 0 Å². The van der Waals surface area contributed by atoms with Gasteiger partial charge in [-0.2, -0.15) is 0 Å². The smallest absolute Gasteiger partial charge is 0.407 e. The molecule has 0 bridgehead atoms. The molecule has 0 aromatic rings. The molecule has 0 saturated carbocycles. The van der Waals surface area contributed by atoms with Crippen LogP contribution in [0.2, 0.25) is 0 Å². The molecule has 0 radical (unpaired) electrons. The van der Waals surface area contributed by atoms with Crippen LogP contribution in [0.4, 0.5) is 4.79 Å². The zero-order valence-corrected chi connectivity index (χ0v) is 11.5. The summed E-state index contributed by atoms with van der Waals surface area (Å²) in [6.07, 6.45) is -1.62. The molecule has 2 atom stereocenters. The number of hydrogen-bond acceptors (Lipinski definition) is 6. The third-order valence-electron chi connectivity index (χ3n) is 1.93. The average molecular weight is 277 g/mol.